The third-order valence-electron chi connectivity index (χ3n) is 3.63. The molecule has 21 heavy (non-hydrogen) atoms. The van der Waals surface area contributed by atoms with Crippen molar-refractivity contribution in [3.63, 3.8) is 0 Å². The van der Waals surface area contributed by atoms with Gasteiger partial charge in [-0.3, -0.25) is 4.79 Å². The summed E-state index contributed by atoms with van der Waals surface area (Å²) in [6.45, 7) is 0. The zero-order valence-corrected chi connectivity index (χ0v) is 12.3. The van der Waals surface area contributed by atoms with Gasteiger partial charge in [-0.05, 0) is 12.8 Å². The van der Waals surface area contributed by atoms with E-state index in [4.69, 9.17) is 14.2 Å². The number of ether oxygens (including phenoxy) is 3. The van der Waals surface area contributed by atoms with Gasteiger partial charge in [-0.15, -0.1) is 0 Å². The Morgan fingerprint density at radius 3 is 2.48 bits per heavy atom. The number of hydrogen-bond donors (Lipinski definition) is 2. The number of H-pyrrole nitrogens is 1. The summed E-state index contributed by atoms with van der Waals surface area (Å²) in [6.07, 6.45) is 3.77. The van der Waals surface area contributed by atoms with Gasteiger partial charge in [0.05, 0.1) is 37.8 Å². The van der Waals surface area contributed by atoms with Gasteiger partial charge in [0.1, 0.15) is 0 Å². The van der Waals surface area contributed by atoms with Crippen LogP contribution in [0.1, 0.15) is 23.2 Å². The topological polar surface area (TPSA) is 72.6 Å². The molecule has 1 aromatic heterocycles. The van der Waals surface area contributed by atoms with E-state index in [0.717, 1.165) is 18.4 Å². The molecule has 0 saturated heterocycles. The lowest BCUT2D eigenvalue weighted by molar-refractivity contribution is 0.0952. The Labute approximate surface area is 122 Å². The lowest BCUT2D eigenvalue weighted by Crippen LogP contribution is -2.25. The highest BCUT2D eigenvalue weighted by atomic mass is 16.5. The summed E-state index contributed by atoms with van der Waals surface area (Å²) >= 11 is 0. The fourth-order valence-electron chi connectivity index (χ4n) is 2.43. The number of aromatic nitrogens is 1. The molecule has 1 fully saturated rings. The van der Waals surface area contributed by atoms with Crippen molar-refractivity contribution in [1.29, 1.82) is 0 Å². The van der Waals surface area contributed by atoms with Gasteiger partial charge in [-0.2, -0.15) is 0 Å². The molecule has 0 bridgehead atoms. The van der Waals surface area contributed by atoms with Gasteiger partial charge < -0.3 is 24.5 Å². The predicted octanol–water partition coefficient (Wildman–Crippen LogP) is 2.09. The van der Waals surface area contributed by atoms with Crippen LogP contribution in [0.5, 0.6) is 17.2 Å². The maximum atomic E-state index is 12.3. The number of fused-ring (bicyclic) bond motifs is 1. The molecule has 1 heterocycles. The Kier molecular flexibility index (Phi) is 3.37. The van der Waals surface area contributed by atoms with Gasteiger partial charge in [-0.25, -0.2) is 0 Å². The third kappa shape index (κ3) is 2.26. The zero-order valence-electron chi connectivity index (χ0n) is 12.3. The van der Waals surface area contributed by atoms with Crippen LogP contribution in [0.4, 0.5) is 0 Å². The average molecular weight is 290 g/mol. The van der Waals surface area contributed by atoms with Crippen LogP contribution in [0.2, 0.25) is 0 Å². The Balaban J connectivity index is 2.16. The molecule has 6 heteroatoms. The molecule has 1 aliphatic rings. The predicted molar refractivity (Wildman–Crippen MR) is 78.4 cm³/mol. The second-order valence-electron chi connectivity index (χ2n) is 5.02. The van der Waals surface area contributed by atoms with Crippen LogP contribution in [-0.2, 0) is 0 Å². The molecule has 3 rings (SSSR count). The number of hydrogen-bond acceptors (Lipinski definition) is 4. The minimum atomic E-state index is -0.103. The van der Waals surface area contributed by atoms with E-state index < -0.39 is 0 Å². The maximum Gasteiger partial charge on any atom is 0.253 e. The quantitative estimate of drug-likeness (QED) is 0.884. The molecular formula is C15H18N2O4. The minimum Gasteiger partial charge on any atom is -0.493 e. The molecule has 1 aromatic carbocycles. The highest BCUT2D eigenvalue weighted by molar-refractivity contribution is 6.10. The first-order valence-corrected chi connectivity index (χ1v) is 6.80. The van der Waals surface area contributed by atoms with Crippen molar-refractivity contribution in [3.05, 3.63) is 17.8 Å². The van der Waals surface area contributed by atoms with Crippen molar-refractivity contribution in [2.45, 2.75) is 18.9 Å². The summed E-state index contributed by atoms with van der Waals surface area (Å²) in [7, 11) is 4.65. The molecule has 2 aromatic rings. The minimum absolute atomic E-state index is 0.103. The number of carbonyl (C=O) groups is 1. The van der Waals surface area contributed by atoms with E-state index in [2.05, 4.69) is 10.3 Å². The molecule has 0 unspecified atom stereocenters. The first-order valence-electron chi connectivity index (χ1n) is 6.80. The fourth-order valence-corrected chi connectivity index (χ4v) is 2.43. The molecule has 0 atom stereocenters. The molecular weight excluding hydrogens is 272 g/mol. The van der Waals surface area contributed by atoms with Crippen LogP contribution >= 0.6 is 0 Å². The van der Waals surface area contributed by atoms with Crippen molar-refractivity contribution in [3.8, 4) is 17.2 Å². The monoisotopic (exact) mass is 290 g/mol. The summed E-state index contributed by atoms with van der Waals surface area (Å²) in [4.78, 5) is 15.4. The van der Waals surface area contributed by atoms with Crippen LogP contribution in [0.15, 0.2) is 12.3 Å². The number of rotatable bonds is 5. The molecule has 0 spiro atoms. The van der Waals surface area contributed by atoms with Gasteiger partial charge in [0.2, 0.25) is 5.75 Å². The Hall–Kier alpha value is -2.37. The highest BCUT2D eigenvalue weighted by Gasteiger charge is 2.27. The normalized spacial score (nSPS) is 14.0. The van der Waals surface area contributed by atoms with E-state index in [-0.39, 0.29) is 5.91 Å². The smallest absolute Gasteiger partial charge is 0.253 e. The molecule has 0 radical (unpaired) electrons. The standard InChI is InChI=1S/C15H18N2O4/c1-19-11-6-10-12(14(21-3)13(11)20-2)9(7-16-10)15(18)17-8-4-5-8/h6-8,16H,4-5H2,1-3H3,(H,17,18). The first kappa shape index (κ1) is 13.6. The number of carbonyl (C=O) groups excluding carboxylic acids is 1. The number of methoxy groups -OCH3 is 3. The molecule has 112 valence electrons. The summed E-state index contributed by atoms with van der Waals surface area (Å²) in [5.41, 5.74) is 1.32. The van der Waals surface area contributed by atoms with Crippen molar-refractivity contribution in [1.82, 2.24) is 10.3 Å². The molecule has 1 saturated carbocycles. The highest BCUT2D eigenvalue weighted by Crippen LogP contribution is 2.44. The van der Waals surface area contributed by atoms with Gasteiger partial charge in [0.15, 0.2) is 11.5 Å². The maximum absolute atomic E-state index is 12.3. The number of benzene rings is 1. The van der Waals surface area contributed by atoms with Crippen molar-refractivity contribution < 1.29 is 19.0 Å². The molecule has 2 N–H and O–H groups in total. The molecule has 0 aliphatic heterocycles. The van der Waals surface area contributed by atoms with Crippen molar-refractivity contribution >= 4 is 16.8 Å². The van der Waals surface area contributed by atoms with E-state index in [1.165, 1.54) is 0 Å². The fraction of sp³-hybridized carbons (Fsp3) is 0.400. The van der Waals surface area contributed by atoms with Crippen molar-refractivity contribution in [2.75, 3.05) is 21.3 Å². The third-order valence-corrected chi connectivity index (χ3v) is 3.63. The Morgan fingerprint density at radius 2 is 1.90 bits per heavy atom. The SMILES string of the molecule is COc1cc2[nH]cc(C(=O)NC3CC3)c2c(OC)c1OC. The van der Waals surface area contributed by atoms with Crippen LogP contribution in [0, 0.1) is 0 Å². The zero-order chi connectivity index (χ0) is 15.0. The largest absolute Gasteiger partial charge is 0.493 e. The lowest BCUT2D eigenvalue weighted by Gasteiger charge is -2.14. The number of aromatic amines is 1. The second-order valence-corrected chi connectivity index (χ2v) is 5.02. The number of amides is 1. The van der Waals surface area contributed by atoms with Gasteiger partial charge in [0, 0.05) is 18.3 Å². The Bertz CT molecular complexity index is 689. The van der Waals surface area contributed by atoms with Crippen molar-refractivity contribution in [2.24, 2.45) is 0 Å². The van der Waals surface area contributed by atoms with E-state index in [1.807, 2.05) is 0 Å². The summed E-state index contributed by atoms with van der Waals surface area (Å²) in [6, 6.07) is 2.10. The van der Waals surface area contributed by atoms with E-state index in [0.29, 0.717) is 34.2 Å². The molecule has 1 aliphatic carbocycles. The number of nitrogens with one attached hydrogen (secondary N) is 2. The molecule has 6 nitrogen and oxygen atoms in total. The first-order chi connectivity index (χ1) is 10.2. The summed E-state index contributed by atoms with van der Waals surface area (Å²) in [5, 5.41) is 3.68. The Morgan fingerprint density at radius 1 is 1.19 bits per heavy atom. The van der Waals surface area contributed by atoms with E-state index >= 15 is 0 Å². The second kappa shape index (κ2) is 5.20. The van der Waals surface area contributed by atoms with Crippen LogP contribution in [0.3, 0.4) is 0 Å². The van der Waals surface area contributed by atoms with Crippen LogP contribution < -0.4 is 19.5 Å². The van der Waals surface area contributed by atoms with Crippen LogP contribution in [0.25, 0.3) is 10.9 Å². The van der Waals surface area contributed by atoms with Crippen LogP contribution in [-0.4, -0.2) is 38.3 Å². The van der Waals surface area contributed by atoms with Gasteiger partial charge in [0.25, 0.3) is 5.91 Å². The summed E-state index contributed by atoms with van der Waals surface area (Å²) < 4.78 is 16.1. The van der Waals surface area contributed by atoms with Gasteiger partial charge in [-0.1, -0.05) is 0 Å². The van der Waals surface area contributed by atoms with E-state index in [9.17, 15) is 4.79 Å². The lowest BCUT2D eigenvalue weighted by atomic mass is 10.1. The molecule has 1 amide bonds. The van der Waals surface area contributed by atoms with E-state index in [1.54, 1.807) is 33.6 Å². The van der Waals surface area contributed by atoms with Gasteiger partial charge >= 0.3 is 0 Å². The summed E-state index contributed by atoms with van der Waals surface area (Å²) in [5.74, 6) is 1.42. The average Bonchev–Trinajstić information content (AvgIpc) is 3.21.